The Bertz CT molecular complexity index is 1030. The Kier molecular flexibility index (Phi) is 4.37. The van der Waals surface area contributed by atoms with Gasteiger partial charge in [-0.2, -0.15) is 0 Å². The smallest absolute Gasteiger partial charge is 0.406 e. The van der Waals surface area contributed by atoms with Crippen molar-refractivity contribution in [2.45, 2.75) is 25.7 Å². The lowest BCUT2D eigenvalue weighted by molar-refractivity contribution is -0.274. The average Bonchev–Trinajstić information content (AvgIpc) is 3.05. The van der Waals surface area contributed by atoms with Crippen molar-refractivity contribution in [2.24, 2.45) is 5.73 Å². The third-order valence-electron chi connectivity index (χ3n) is 4.93. The Morgan fingerprint density at radius 1 is 1.00 bits per heavy atom. The molecule has 0 aliphatic heterocycles. The van der Waals surface area contributed by atoms with Crippen LogP contribution in [0.1, 0.15) is 16.7 Å². The van der Waals surface area contributed by atoms with E-state index in [1.54, 1.807) is 4.90 Å². The number of guanidine groups is 1. The van der Waals surface area contributed by atoms with Crippen LogP contribution in [-0.4, -0.2) is 12.3 Å². The van der Waals surface area contributed by atoms with Gasteiger partial charge in [-0.25, -0.2) is 0 Å². The number of hydrogen-bond donors (Lipinski definition) is 2. The molecular formula is C21H18F3N3O. The molecule has 3 N–H and O–H groups in total. The summed E-state index contributed by atoms with van der Waals surface area (Å²) in [6.07, 6.45) is -2.73. The van der Waals surface area contributed by atoms with Gasteiger partial charge >= 0.3 is 6.36 Å². The van der Waals surface area contributed by atoms with Crippen LogP contribution in [0.3, 0.4) is 0 Å². The Morgan fingerprint density at radius 3 is 2.32 bits per heavy atom. The summed E-state index contributed by atoms with van der Waals surface area (Å²) in [5, 5.41) is 10.3. The highest BCUT2D eigenvalue weighted by Gasteiger charge is 2.31. The molecule has 0 aromatic heterocycles. The monoisotopic (exact) mass is 385 g/mol. The lowest BCUT2D eigenvalue weighted by atomic mass is 10.0. The van der Waals surface area contributed by atoms with E-state index >= 15 is 0 Å². The predicted octanol–water partition coefficient (Wildman–Crippen LogP) is 4.74. The summed E-state index contributed by atoms with van der Waals surface area (Å²) in [6, 6.07) is 15.7. The Hall–Kier alpha value is -3.22. The third-order valence-corrected chi connectivity index (χ3v) is 4.93. The SMILES string of the molecule is N=C(N)N(Cc1ccc(OC(F)(F)F)cc1)c1ccc2c3c(cccc13)CC2. The van der Waals surface area contributed by atoms with Gasteiger partial charge in [-0.1, -0.05) is 36.4 Å². The molecule has 0 amide bonds. The third kappa shape index (κ3) is 3.47. The molecule has 0 heterocycles. The van der Waals surface area contributed by atoms with Gasteiger partial charge in [0.05, 0.1) is 12.2 Å². The number of hydrogen-bond acceptors (Lipinski definition) is 2. The van der Waals surface area contributed by atoms with Crippen molar-refractivity contribution in [1.82, 2.24) is 0 Å². The van der Waals surface area contributed by atoms with Gasteiger partial charge in [-0.05, 0) is 53.1 Å². The molecule has 28 heavy (non-hydrogen) atoms. The van der Waals surface area contributed by atoms with Crippen LogP contribution in [-0.2, 0) is 19.4 Å². The zero-order valence-electron chi connectivity index (χ0n) is 14.9. The van der Waals surface area contributed by atoms with Gasteiger partial charge in [0.2, 0.25) is 0 Å². The molecule has 0 spiro atoms. The van der Waals surface area contributed by atoms with Gasteiger partial charge < -0.3 is 15.4 Å². The lowest BCUT2D eigenvalue weighted by Gasteiger charge is -2.25. The summed E-state index contributed by atoms with van der Waals surface area (Å²) >= 11 is 0. The van der Waals surface area contributed by atoms with E-state index in [1.807, 2.05) is 18.2 Å². The van der Waals surface area contributed by atoms with E-state index in [-0.39, 0.29) is 18.3 Å². The molecule has 0 unspecified atom stereocenters. The number of benzene rings is 3. The minimum atomic E-state index is -4.72. The molecule has 0 saturated heterocycles. The first-order valence-electron chi connectivity index (χ1n) is 8.81. The van der Waals surface area contributed by atoms with E-state index in [0.717, 1.165) is 23.9 Å². The highest BCUT2D eigenvalue weighted by molar-refractivity contribution is 6.06. The number of halogens is 3. The van der Waals surface area contributed by atoms with Crippen LogP contribution in [0.2, 0.25) is 0 Å². The molecule has 7 heteroatoms. The maximum atomic E-state index is 12.3. The molecule has 3 aromatic carbocycles. The number of alkyl halides is 3. The molecule has 0 saturated carbocycles. The van der Waals surface area contributed by atoms with Crippen LogP contribution >= 0.6 is 0 Å². The quantitative estimate of drug-likeness (QED) is 0.504. The largest absolute Gasteiger partial charge is 0.573 e. The van der Waals surface area contributed by atoms with Crippen molar-refractivity contribution >= 4 is 22.4 Å². The van der Waals surface area contributed by atoms with Crippen molar-refractivity contribution in [2.75, 3.05) is 4.90 Å². The van der Waals surface area contributed by atoms with Crippen molar-refractivity contribution in [3.05, 3.63) is 71.3 Å². The molecule has 1 aliphatic carbocycles. The molecule has 0 atom stereocenters. The molecule has 0 radical (unpaired) electrons. The van der Waals surface area contributed by atoms with Gasteiger partial charge in [0.1, 0.15) is 5.75 Å². The average molecular weight is 385 g/mol. The number of aryl methyl sites for hydroxylation is 2. The number of rotatable bonds is 4. The molecule has 4 rings (SSSR count). The van der Waals surface area contributed by atoms with Crippen LogP contribution in [0.15, 0.2) is 54.6 Å². The molecule has 0 fully saturated rings. The summed E-state index contributed by atoms with van der Waals surface area (Å²) in [7, 11) is 0. The van der Waals surface area contributed by atoms with Crippen molar-refractivity contribution < 1.29 is 17.9 Å². The molecule has 0 bridgehead atoms. The number of ether oxygens (including phenoxy) is 1. The Labute approximate surface area is 159 Å². The minimum absolute atomic E-state index is 0.130. The van der Waals surface area contributed by atoms with E-state index < -0.39 is 6.36 Å². The second kappa shape index (κ2) is 6.74. The number of anilines is 1. The van der Waals surface area contributed by atoms with Crippen LogP contribution in [0.25, 0.3) is 10.8 Å². The minimum Gasteiger partial charge on any atom is -0.406 e. The predicted molar refractivity (Wildman–Crippen MR) is 103 cm³/mol. The standard InChI is InChI=1S/C21H18F3N3O/c22-21(23,24)28-16-9-4-13(5-10-16)12-27(20(25)26)18-11-8-15-7-6-14-2-1-3-17(18)19(14)15/h1-5,8-11H,6-7,12H2,(H3,25,26). The Morgan fingerprint density at radius 2 is 1.68 bits per heavy atom. The first-order valence-corrected chi connectivity index (χ1v) is 8.81. The van der Waals surface area contributed by atoms with Gasteiger partial charge in [-0.15, -0.1) is 13.2 Å². The van der Waals surface area contributed by atoms with Crippen molar-refractivity contribution in [3.8, 4) is 5.75 Å². The maximum absolute atomic E-state index is 12.3. The Balaban J connectivity index is 1.66. The lowest BCUT2D eigenvalue weighted by Crippen LogP contribution is -2.36. The van der Waals surface area contributed by atoms with Crippen LogP contribution in [0, 0.1) is 5.41 Å². The number of nitrogens with two attached hydrogens (primary N) is 1. The van der Waals surface area contributed by atoms with Gasteiger partial charge in [-0.3, -0.25) is 5.41 Å². The van der Waals surface area contributed by atoms with E-state index in [4.69, 9.17) is 11.1 Å². The molecule has 4 nitrogen and oxygen atoms in total. The molecule has 3 aromatic rings. The zero-order valence-corrected chi connectivity index (χ0v) is 14.9. The molecular weight excluding hydrogens is 367 g/mol. The normalized spacial score (nSPS) is 13.0. The van der Waals surface area contributed by atoms with Gasteiger partial charge in [0.25, 0.3) is 0 Å². The second-order valence-corrected chi connectivity index (χ2v) is 6.75. The zero-order chi connectivity index (χ0) is 19.9. The fourth-order valence-corrected chi connectivity index (χ4v) is 3.75. The summed E-state index contributed by atoms with van der Waals surface area (Å²) in [6.45, 7) is 0.264. The highest BCUT2D eigenvalue weighted by Crippen LogP contribution is 2.37. The fourth-order valence-electron chi connectivity index (χ4n) is 3.75. The fraction of sp³-hybridized carbons (Fsp3) is 0.190. The van der Waals surface area contributed by atoms with E-state index in [2.05, 4.69) is 16.9 Å². The van der Waals surface area contributed by atoms with Gasteiger partial charge in [0, 0.05) is 5.39 Å². The second-order valence-electron chi connectivity index (χ2n) is 6.75. The topological polar surface area (TPSA) is 62.3 Å². The van der Waals surface area contributed by atoms with Crippen LogP contribution in [0.5, 0.6) is 5.75 Å². The van der Waals surface area contributed by atoms with Crippen LogP contribution < -0.4 is 15.4 Å². The summed E-state index contributed by atoms with van der Waals surface area (Å²) in [5.74, 6) is -0.412. The molecule has 144 valence electrons. The van der Waals surface area contributed by atoms with Gasteiger partial charge in [0.15, 0.2) is 5.96 Å². The van der Waals surface area contributed by atoms with Crippen LogP contribution in [0.4, 0.5) is 18.9 Å². The number of nitrogens with zero attached hydrogens (tertiary/aromatic N) is 1. The first-order chi connectivity index (χ1) is 13.3. The summed E-state index contributed by atoms with van der Waals surface area (Å²) in [5.41, 5.74) is 9.94. The number of nitrogens with one attached hydrogen (secondary N) is 1. The first kappa shape index (κ1) is 18.2. The highest BCUT2D eigenvalue weighted by atomic mass is 19.4. The van der Waals surface area contributed by atoms with Crippen molar-refractivity contribution in [3.63, 3.8) is 0 Å². The van der Waals surface area contributed by atoms with E-state index in [9.17, 15) is 13.2 Å². The van der Waals surface area contributed by atoms with Crippen molar-refractivity contribution in [1.29, 1.82) is 5.41 Å². The summed E-state index contributed by atoms with van der Waals surface area (Å²) < 4.78 is 40.9. The summed E-state index contributed by atoms with van der Waals surface area (Å²) in [4.78, 5) is 1.65. The molecule has 1 aliphatic rings. The van der Waals surface area contributed by atoms with E-state index in [0.29, 0.717) is 5.56 Å². The van der Waals surface area contributed by atoms with E-state index in [1.165, 1.54) is 40.8 Å². The maximum Gasteiger partial charge on any atom is 0.573 e.